The summed E-state index contributed by atoms with van der Waals surface area (Å²) in [6.07, 6.45) is 2.62. The Labute approximate surface area is 145 Å². The van der Waals surface area contributed by atoms with Gasteiger partial charge in [-0.05, 0) is 43.7 Å². The van der Waals surface area contributed by atoms with Gasteiger partial charge in [0, 0.05) is 37.3 Å². The molecule has 1 aliphatic rings. The fraction of sp³-hybridized carbons (Fsp3) is 0.316. The molecular weight excluding hydrogens is 319 g/mol. The van der Waals surface area contributed by atoms with Crippen molar-refractivity contribution in [3.05, 3.63) is 59.8 Å². The van der Waals surface area contributed by atoms with Gasteiger partial charge >= 0.3 is 0 Å². The highest BCUT2D eigenvalue weighted by molar-refractivity contribution is 5.94. The third-order valence-corrected chi connectivity index (χ3v) is 4.76. The van der Waals surface area contributed by atoms with Gasteiger partial charge in [0.1, 0.15) is 17.2 Å². The highest BCUT2D eigenvalue weighted by Gasteiger charge is 2.31. The number of aryl methyl sites for hydroxylation is 1. The normalized spacial score (nSPS) is 17.4. The summed E-state index contributed by atoms with van der Waals surface area (Å²) in [5, 5.41) is 0. The van der Waals surface area contributed by atoms with Crippen LogP contribution in [-0.2, 0) is 6.54 Å². The molecule has 1 amide bonds. The number of aromatic nitrogens is 3. The summed E-state index contributed by atoms with van der Waals surface area (Å²) in [5.41, 5.74) is 2.16. The molecule has 1 fully saturated rings. The van der Waals surface area contributed by atoms with Gasteiger partial charge < -0.3 is 9.47 Å². The van der Waals surface area contributed by atoms with E-state index in [0.717, 1.165) is 30.0 Å². The number of benzene rings is 1. The molecule has 0 N–H and O–H groups in total. The van der Waals surface area contributed by atoms with Crippen molar-refractivity contribution in [2.75, 3.05) is 13.1 Å². The molecule has 25 heavy (non-hydrogen) atoms. The fourth-order valence-corrected chi connectivity index (χ4v) is 3.56. The van der Waals surface area contributed by atoms with Crippen LogP contribution in [0.2, 0.25) is 0 Å². The van der Waals surface area contributed by atoms with Crippen LogP contribution in [0.1, 0.15) is 35.4 Å². The number of carbonyl (C=O) groups is 1. The van der Waals surface area contributed by atoms with Gasteiger partial charge in [-0.2, -0.15) is 0 Å². The van der Waals surface area contributed by atoms with Gasteiger partial charge in [0.2, 0.25) is 0 Å². The number of nitrogens with zero attached hydrogens (tertiary/aromatic N) is 4. The number of fused-ring (bicyclic) bond motifs is 1. The number of hydrogen-bond donors (Lipinski definition) is 0. The lowest BCUT2D eigenvalue weighted by Crippen LogP contribution is -2.28. The van der Waals surface area contributed by atoms with Crippen LogP contribution >= 0.6 is 0 Å². The number of likely N-dealkylation sites (tertiary alicyclic amines) is 1. The van der Waals surface area contributed by atoms with Gasteiger partial charge in [-0.1, -0.05) is 6.07 Å². The molecule has 6 heteroatoms. The van der Waals surface area contributed by atoms with Crippen molar-refractivity contribution >= 4 is 17.1 Å². The number of rotatable bonds is 3. The van der Waals surface area contributed by atoms with E-state index in [2.05, 4.69) is 16.5 Å². The monoisotopic (exact) mass is 338 g/mol. The zero-order valence-electron chi connectivity index (χ0n) is 14.0. The number of imidazole rings is 1. The molecule has 1 saturated heterocycles. The van der Waals surface area contributed by atoms with Gasteiger partial charge in [0.05, 0.1) is 0 Å². The van der Waals surface area contributed by atoms with E-state index in [-0.39, 0.29) is 17.6 Å². The molecule has 3 heterocycles. The maximum Gasteiger partial charge on any atom is 0.253 e. The first-order chi connectivity index (χ1) is 12.2. The third kappa shape index (κ3) is 2.77. The van der Waals surface area contributed by atoms with Crippen LogP contribution in [0.3, 0.4) is 0 Å². The molecule has 4 rings (SSSR count). The first-order valence-corrected chi connectivity index (χ1v) is 8.53. The maximum absolute atomic E-state index is 13.4. The van der Waals surface area contributed by atoms with Crippen LogP contribution in [0.15, 0.2) is 42.6 Å². The molecule has 1 atom stereocenters. The van der Waals surface area contributed by atoms with Crippen LogP contribution in [0.25, 0.3) is 11.2 Å². The average Bonchev–Trinajstić information content (AvgIpc) is 3.25. The van der Waals surface area contributed by atoms with Gasteiger partial charge in [0.25, 0.3) is 5.91 Å². The minimum absolute atomic E-state index is 0.126. The highest BCUT2D eigenvalue weighted by atomic mass is 19.1. The van der Waals surface area contributed by atoms with Crippen LogP contribution in [-0.4, -0.2) is 38.4 Å². The molecule has 1 aliphatic heterocycles. The molecule has 0 aliphatic carbocycles. The summed E-state index contributed by atoms with van der Waals surface area (Å²) < 4.78 is 15.5. The van der Waals surface area contributed by atoms with Crippen molar-refractivity contribution in [3.8, 4) is 0 Å². The lowest BCUT2D eigenvalue weighted by Gasteiger charge is -2.17. The summed E-state index contributed by atoms with van der Waals surface area (Å²) in [4.78, 5) is 23.6. The zero-order chi connectivity index (χ0) is 17.4. The van der Waals surface area contributed by atoms with E-state index in [0.29, 0.717) is 18.7 Å². The predicted molar refractivity (Wildman–Crippen MR) is 92.9 cm³/mol. The number of pyridine rings is 1. The van der Waals surface area contributed by atoms with Crippen molar-refractivity contribution < 1.29 is 9.18 Å². The molecule has 0 bridgehead atoms. The Bertz CT molecular complexity index is 936. The van der Waals surface area contributed by atoms with Crippen molar-refractivity contribution in [2.24, 2.45) is 0 Å². The van der Waals surface area contributed by atoms with Crippen molar-refractivity contribution in [1.29, 1.82) is 0 Å². The standard InChI is InChI=1S/C19H19FN4O/c1-2-24-17(22-16-7-4-9-21-18(16)24)14-8-10-23(12-14)19(25)13-5-3-6-15(20)11-13/h3-7,9,11,14H,2,8,10,12H2,1H3/t14-/m0/s1. The Hall–Kier alpha value is -2.76. The van der Waals surface area contributed by atoms with E-state index in [1.54, 1.807) is 23.2 Å². The third-order valence-electron chi connectivity index (χ3n) is 4.76. The van der Waals surface area contributed by atoms with E-state index in [9.17, 15) is 9.18 Å². The quantitative estimate of drug-likeness (QED) is 0.737. The van der Waals surface area contributed by atoms with Crippen LogP contribution in [0.4, 0.5) is 4.39 Å². The second-order valence-electron chi connectivity index (χ2n) is 6.31. The van der Waals surface area contributed by atoms with E-state index < -0.39 is 0 Å². The summed E-state index contributed by atoms with van der Waals surface area (Å²) in [5.74, 6) is 0.636. The smallest absolute Gasteiger partial charge is 0.253 e. The average molecular weight is 338 g/mol. The summed E-state index contributed by atoms with van der Waals surface area (Å²) in [7, 11) is 0. The van der Waals surface area contributed by atoms with Gasteiger partial charge in [-0.3, -0.25) is 4.79 Å². The Balaban J connectivity index is 1.59. The lowest BCUT2D eigenvalue weighted by atomic mass is 10.1. The SMILES string of the molecule is CCn1c([C@H]2CCN(C(=O)c3cccc(F)c3)C2)nc2cccnc21. The molecule has 128 valence electrons. The molecular formula is C19H19FN4O. The maximum atomic E-state index is 13.4. The molecule has 0 radical (unpaired) electrons. The molecule has 5 nitrogen and oxygen atoms in total. The minimum Gasteiger partial charge on any atom is -0.338 e. The molecule has 0 unspecified atom stereocenters. The largest absolute Gasteiger partial charge is 0.338 e. The summed E-state index contributed by atoms with van der Waals surface area (Å²) in [6.45, 7) is 4.11. The summed E-state index contributed by atoms with van der Waals surface area (Å²) in [6, 6.07) is 9.71. The first-order valence-electron chi connectivity index (χ1n) is 8.53. The topological polar surface area (TPSA) is 51.0 Å². The number of amides is 1. The number of halogens is 1. The molecule has 2 aromatic heterocycles. The Morgan fingerprint density at radius 1 is 1.32 bits per heavy atom. The molecule has 1 aromatic carbocycles. The molecule has 0 saturated carbocycles. The number of hydrogen-bond acceptors (Lipinski definition) is 3. The van der Waals surface area contributed by atoms with Crippen LogP contribution in [0.5, 0.6) is 0 Å². The Morgan fingerprint density at radius 2 is 2.20 bits per heavy atom. The van der Waals surface area contributed by atoms with Gasteiger partial charge in [0.15, 0.2) is 5.65 Å². The Morgan fingerprint density at radius 3 is 3.00 bits per heavy atom. The van der Waals surface area contributed by atoms with Crippen molar-refractivity contribution in [2.45, 2.75) is 25.8 Å². The fourth-order valence-electron chi connectivity index (χ4n) is 3.56. The van der Waals surface area contributed by atoms with Crippen molar-refractivity contribution in [1.82, 2.24) is 19.4 Å². The number of carbonyl (C=O) groups excluding carboxylic acids is 1. The van der Waals surface area contributed by atoms with Gasteiger partial charge in [-0.15, -0.1) is 0 Å². The van der Waals surface area contributed by atoms with E-state index >= 15 is 0 Å². The minimum atomic E-state index is -0.388. The highest BCUT2D eigenvalue weighted by Crippen LogP contribution is 2.29. The second kappa shape index (κ2) is 6.27. The molecule has 0 spiro atoms. The van der Waals surface area contributed by atoms with E-state index in [4.69, 9.17) is 4.98 Å². The second-order valence-corrected chi connectivity index (χ2v) is 6.31. The zero-order valence-corrected chi connectivity index (χ0v) is 14.0. The first kappa shape index (κ1) is 15.7. The van der Waals surface area contributed by atoms with Crippen molar-refractivity contribution in [3.63, 3.8) is 0 Å². The Kier molecular flexibility index (Phi) is 3.95. The lowest BCUT2D eigenvalue weighted by molar-refractivity contribution is 0.0790. The predicted octanol–water partition coefficient (Wildman–Crippen LogP) is 3.22. The van der Waals surface area contributed by atoms with Gasteiger partial charge in [-0.25, -0.2) is 14.4 Å². The molecule has 3 aromatic rings. The van der Waals surface area contributed by atoms with E-state index in [1.165, 1.54) is 12.1 Å². The van der Waals surface area contributed by atoms with Crippen LogP contribution in [0, 0.1) is 5.82 Å². The summed E-state index contributed by atoms with van der Waals surface area (Å²) >= 11 is 0. The van der Waals surface area contributed by atoms with E-state index in [1.807, 2.05) is 12.1 Å². The van der Waals surface area contributed by atoms with Crippen LogP contribution < -0.4 is 0 Å².